The summed E-state index contributed by atoms with van der Waals surface area (Å²) in [4.78, 5) is 26.5. The fourth-order valence-corrected chi connectivity index (χ4v) is 5.04. The highest BCUT2D eigenvalue weighted by Crippen LogP contribution is 2.40. The van der Waals surface area contributed by atoms with Gasteiger partial charge in [0, 0.05) is 16.2 Å². The van der Waals surface area contributed by atoms with Crippen LogP contribution in [0.25, 0.3) is 0 Å². The fourth-order valence-electron chi connectivity index (χ4n) is 3.75. The van der Waals surface area contributed by atoms with Gasteiger partial charge in [0.2, 0.25) is 5.91 Å². The van der Waals surface area contributed by atoms with Crippen molar-refractivity contribution in [3.8, 4) is 0 Å². The van der Waals surface area contributed by atoms with Crippen LogP contribution in [0, 0.1) is 23.2 Å². The zero-order valence-corrected chi connectivity index (χ0v) is 20.4. The van der Waals surface area contributed by atoms with Crippen molar-refractivity contribution in [1.29, 1.82) is 0 Å². The topological polar surface area (TPSA) is 46.2 Å². The molecule has 1 aliphatic carbocycles. The number of halogens is 2. The highest BCUT2D eigenvalue weighted by Gasteiger charge is 2.31. The highest BCUT2D eigenvalue weighted by atomic mass is 35.5. The van der Waals surface area contributed by atoms with E-state index in [-0.39, 0.29) is 16.9 Å². The Labute approximate surface area is 189 Å². The molecule has 1 aliphatic rings. The molecular weight excluding hydrogens is 425 g/mol. The number of anilines is 1. The third-order valence-electron chi connectivity index (χ3n) is 5.38. The second-order valence-corrected chi connectivity index (χ2v) is 11.4. The smallest absolute Gasteiger partial charge is 0.227 e. The molecule has 1 atom stereocenters. The lowest BCUT2D eigenvalue weighted by molar-refractivity contribution is -0.122. The first-order valence-electron chi connectivity index (χ1n) is 10.5. The van der Waals surface area contributed by atoms with Gasteiger partial charge in [0.1, 0.15) is 0 Å². The predicted molar refractivity (Wildman–Crippen MR) is 125 cm³/mol. The van der Waals surface area contributed by atoms with E-state index in [4.69, 9.17) is 23.2 Å². The molecule has 0 heterocycles. The van der Waals surface area contributed by atoms with Gasteiger partial charge >= 0.3 is 0 Å². The molecule has 0 aromatic heterocycles. The molecule has 1 fully saturated rings. The Kier molecular flexibility index (Phi) is 8.93. The number of carbonyl (C=O) groups excluding carboxylic acids is 2. The first-order chi connectivity index (χ1) is 13.5. The van der Waals surface area contributed by atoms with E-state index in [9.17, 15) is 9.59 Å². The first kappa shape index (κ1) is 24.6. The molecule has 1 N–H and O–H groups in total. The minimum atomic E-state index is -0.500. The molecule has 0 spiro atoms. The molecule has 1 unspecified atom stereocenters. The van der Waals surface area contributed by atoms with Crippen molar-refractivity contribution in [2.24, 2.45) is 23.2 Å². The van der Waals surface area contributed by atoms with Gasteiger partial charge < -0.3 is 5.32 Å². The maximum absolute atomic E-state index is 13.3. The number of benzene rings is 1. The monoisotopic (exact) mass is 457 g/mol. The third-order valence-corrected chi connectivity index (χ3v) is 7.45. The molecule has 1 saturated carbocycles. The summed E-state index contributed by atoms with van der Waals surface area (Å²) in [7, 11) is 0. The number of carbonyl (C=O) groups is 2. The van der Waals surface area contributed by atoms with Crippen LogP contribution in [0.15, 0.2) is 17.0 Å². The summed E-state index contributed by atoms with van der Waals surface area (Å²) < 4.78 is 0. The number of rotatable bonds is 6. The van der Waals surface area contributed by atoms with Gasteiger partial charge in [-0.25, -0.2) is 0 Å². The van der Waals surface area contributed by atoms with Crippen LogP contribution < -0.4 is 5.32 Å². The molecule has 2 rings (SSSR count). The van der Waals surface area contributed by atoms with Crippen molar-refractivity contribution in [2.75, 3.05) is 5.32 Å². The molecule has 0 radical (unpaired) electrons. The first-order valence-corrected chi connectivity index (χ1v) is 12.1. The molecule has 162 valence electrons. The van der Waals surface area contributed by atoms with E-state index in [1.165, 1.54) is 19.3 Å². The quantitative estimate of drug-likeness (QED) is 0.442. The molecule has 6 heteroatoms. The number of thioether (sulfide) groups is 1. The summed E-state index contributed by atoms with van der Waals surface area (Å²) in [5.74, 6) is 0.856. The average Bonchev–Trinajstić information content (AvgIpc) is 2.63. The lowest BCUT2D eigenvalue weighted by Crippen LogP contribution is -2.32. The Bertz CT molecular complexity index is 737. The van der Waals surface area contributed by atoms with Crippen molar-refractivity contribution in [1.82, 2.24) is 0 Å². The van der Waals surface area contributed by atoms with Crippen LogP contribution in [-0.2, 0) is 9.59 Å². The molecular formula is C23H33Cl2NO2S. The summed E-state index contributed by atoms with van der Waals surface area (Å²) in [5.41, 5.74) is 0.0666. The van der Waals surface area contributed by atoms with E-state index in [0.717, 1.165) is 31.0 Å². The van der Waals surface area contributed by atoms with Gasteiger partial charge in [-0.2, -0.15) is 0 Å². The Morgan fingerprint density at radius 3 is 2.24 bits per heavy atom. The molecule has 1 aromatic carbocycles. The maximum atomic E-state index is 13.3. The van der Waals surface area contributed by atoms with Crippen LogP contribution in [0.2, 0.25) is 10.0 Å². The molecule has 0 saturated heterocycles. The third kappa shape index (κ3) is 7.18. The molecule has 0 aliphatic heterocycles. The van der Waals surface area contributed by atoms with E-state index in [1.807, 2.05) is 20.8 Å². The Hall–Kier alpha value is -0.710. The minimum absolute atomic E-state index is 0.0115. The van der Waals surface area contributed by atoms with Gasteiger partial charge in [-0.3, -0.25) is 9.59 Å². The van der Waals surface area contributed by atoms with Crippen molar-refractivity contribution < 1.29 is 9.59 Å². The van der Waals surface area contributed by atoms with E-state index in [0.29, 0.717) is 32.5 Å². The van der Waals surface area contributed by atoms with Crippen molar-refractivity contribution in [3.05, 3.63) is 22.2 Å². The number of amides is 1. The number of nitrogens with one attached hydrogen (secondary N) is 1. The largest absolute Gasteiger partial charge is 0.325 e. The van der Waals surface area contributed by atoms with Crippen molar-refractivity contribution >= 4 is 51.7 Å². The Balaban J connectivity index is 2.28. The van der Waals surface area contributed by atoms with Gasteiger partial charge in [0.25, 0.3) is 0 Å². The Morgan fingerprint density at radius 1 is 1.10 bits per heavy atom. The van der Waals surface area contributed by atoms with Crippen LogP contribution in [0.3, 0.4) is 0 Å². The van der Waals surface area contributed by atoms with Crippen molar-refractivity contribution in [3.63, 3.8) is 0 Å². The summed E-state index contributed by atoms with van der Waals surface area (Å²) in [6.07, 6.45) is 6.73. The molecule has 1 amide bonds. The maximum Gasteiger partial charge on any atom is 0.227 e. The molecule has 29 heavy (non-hydrogen) atoms. The molecule has 0 bridgehead atoms. The average molecular weight is 458 g/mol. The SMILES string of the molecule is CC(C)CC(C(=O)Nc1cc(Cl)c(Cl)cc1SC(=O)C(C)(C)C)C1CCCCC1. The van der Waals surface area contributed by atoms with Crippen LogP contribution in [0.5, 0.6) is 0 Å². The molecule has 3 nitrogen and oxygen atoms in total. The summed E-state index contributed by atoms with van der Waals surface area (Å²) in [6, 6.07) is 3.33. The Morgan fingerprint density at radius 2 is 1.69 bits per heavy atom. The zero-order valence-electron chi connectivity index (χ0n) is 18.1. The number of hydrogen-bond acceptors (Lipinski definition) is 3. The van der Waals surface area contributed by atoms with Gasteiger partial charge in [0.05, 0.1) is 15.7 Å². The lowest BCUT2D eigenvalue weighted by Gasteiger charge is -2.31. The van der Waals surface area contributed by atoms with E-state index in [1.54, 1.807) is 12.1 Å². The second-order valence-electron chi connectivity index (χ2n) is 9.53. The number of hydrogen-bond donors (Lipinski definition) is 1. The van der Waals surface area contributed by atoms with E-state index in [2.05, 4.69) is 19.2 Å². The van der Waals surface area contributed by atoms with Crippen LogP contribution in [0.4, 0.5) is 5.69 Å². The van der Waals surface area contributed by atoms with Crippen LogP contribution >= 0.6 is 35.0 Å². The summed E-state index contributed by atoms with van der Waals surface area (Å²) >= 11 is 13.5. The molecule has 1 aromatic rings. The fraction of sp³-hybridized carbons (Fsp3) is 0.652. The van der Waals surface area contributed by atoms with Gasteiger partial charge in [-0.15, -0.1) is 0 Å². The minimum Gasteiger partial charge on any atom is -0.325 e. The van der Waals surface area contributed by atoms with Gasteiger partial charge in [-0.05, 0) is 55.0 Å². The van der Waals surface area contributed by atoms with Crippen molar-refractivity contribution in [2.45, 2.75) is 78.0 Å². The highest BCUT2D eigenvalue weighted by molar-refractivity contribution is 8.13. The summed E-state index contributed by atoms with van der Waals surface area (Å²) in [6.45, 7) is 9.94. The summed E-state index contributed by atoms with van der Waals surface area (Å²) in [5, 5.41) is 3.84. The van der Waals surface area contributed by atoms with Crippen LogP contribution in [0.1, 0.15) is 73.1 Å². The van der Waals surface area contributed by atoms with Gasteiger partial charge in [-0.1, -0.05) is 77.1 Å². The normalized spacial score (nSPS) is 16.7. The van der Waals surface area contributed by atoms with E-state index < -0.39 is 5.41 Å². The van der Waals surface area contributed by atoms with Crippen LogP contribution in [-0.4, -0.2) is 11.0 Å². The van der Waals surface area contributed by atoms with Gasteiger partial charge in [0.15, 0.2) is 5.12 Å². The van der Waals surface area contributed by atoms with E-state index >= 15 is 0 Å². The zero-order chi connectivity index (χ0) is 21.8. The standard InChI is InChI=1S/C23H33Cl2NO2S/c1-14(2)11-16(15-9-7-6-8-10-15)21(27)26-19-12-17(24)18(25)13-20(19)29-22(28)23(3,4)5/h12-16H,6-11H2,1-5H3,(H,26,27). The second kappa shape index (κ2) is 10.5. The predicted octanol–water partition coefficient (Wildman–Crippen LogP) is 7.84. The lowest BCUT2D eigenvalue weighted by atomic mass is 9.76.